The monoisotopic (exact) mass is 342 g/mol. The van der Waals surface area contributed by atoms with Crippen molar-refractivity contribution in [2.75, 3.05) is 0 Å². The van der Waals surface area contributed by atoms with Gasteiger partial charge in [0.2, 0.25) is 0 Å². The van der Waals surface area contributed by atoms with Crippen LogP contribution in [0.25, 0.3) is 0 Å². The summed E-state index contributed by atoms with van der Waals surface area (Å²) in [6, 6.07) is 10.3. The minimum absolute atomic E-state index is 0.112. The van der Waals surface area contributed by atoms with Crippen LogP contribution in [0.3, 0.4) is 0 Å². The molecule has 0 saturated carbocycles. The molecule has 2 aromatic carbocycles. The predicted octanol–water partition coefficient (Wildman–Crippen LogP) is 2.56. The van der Waals surface area contributed by atoms with Gasteiger partial charge in [-0.1, -0.05) is 18.2 Å². The molecule has 0 aliphatic rings. The van der Waals surface area contributed by atoms with Crippen molar-refractivity contribution in [1.29, 1.82) is 0 Å². The van der Waals surface area contributed by atoms with E-state index in [2.05, 4.69) is 0 Å². The third-order valence-corrected chi connectivity index (χ3v) is 5.03. The van der Waals surface area contributed by atoms with Gasteiger partial charge in [-0.15, -0.1) is 0 Å². The minimum atomic E-state index is -4.40. The van der Waals surface area contributed by atoms with Gasteiger partial charge in [0.15, 0.2) is 0 Å². The van der Waals surface area contributed by atoms with Crippen molar-refractivity contribution in [2.24, 2.45) is 0 Å². The summed E-state index contributed by atoms with van der Waals surface area (Å²) in [6.07, 6.45) is -0.793. The van der Waals surface area contributed by atoms with Gasteiger partial charge in [-0.25, -0.2) is 4.57 Å². The van der Waals surface area contributed by atoms with Crippen LogP contribution in [0.5, 0.6) is 11.5 Å². The Morgan fingerprint density at radius 2 is 1.59 bits per heavy atom. The Labute approximate surface area is 131 Å². The smallest absolute Gasteiger partial charge is 0.388 e. The highest BCUT2D eigenvalue weighted by atomic mass is 32.7. The first-order valence-corrected chi connectivity index (χ1v) is 9.32. The lowest BCUT2D eigenvalue weighted by Crippen LogP contribution is -2.03. The van der Waals surface area contributed by atoms with Gasteiger partial charge in [-0.05, 0) is 46.8 Å². The van der Waals surface area contributed by atoms with Gasteiger partial charge in [0, 0.05) is 11.3 Å². The highest BCUT2D eigenvalue weighted by Crippen LogP contribution is 2.56. The van der Waals surface area contributed by atoms with Gasteiger partial charge < -0.3 is 25.1 Å². The van der Waals surface area contributed by atoms with Crippen molar-refractivity contribution >= 4 is 18.2 Å². The van der Waals surface area contributed by atoms with Crippen molar-refractivity contribution < 1.29 is 29.7 Å². The van der Waals surface area contributed by atoms with Crippen LogP contribution in [0.1, 0.15) is 17.2 Å². The second-order valence-electron chi connectivity index (χ2n) is 4.69. The van der Waals surface area contributed by atoms with Gasteiger partial charge in [-0.2, -0.15) is 0 Å². The molecule has 0 spiro atoms. The summed E-state index contributed by atoms with van der Waals surface area (Å²) >= 11 is 0.290. The van der Waals surface area contributed by atoms with E-state index < -0.39 is 12.9 Å². The summed E-state index contributed by atoms with van der Waals surface area (Å²) < 4.78 is 11.1. The molecule has 0 aliphatic heterocycles. The third kappa shape index (κ3) is 4.76. The van der Waals surface area contributed by atoms with E-state index in [0.29, 0.717) is 5.56 Å². The molecule has 5 N–H and O–H groups in total. The lowest BCUT2D eigenvalue weighted by Gasteiger charge is -2.16. The summed E-state index contributed by atoms with van der Waals surface area (Å²) in [5.74, 6) is -0.0304. The average Bonchev–Trinajstić information content (AvgIpc) is 2.39. The van der Waals surface area contributed by atoms with Crippen LogP contribution in [0, 0.1) is 0 Å². The average molecular weight is 342 g/mol. The molecule has 6 nitrogen and oxygen atoms in total. The first-order valence-electron chi connectivity index (χ1n) is 6.28. The minimum Gasteiger partial charge on any atom is -0.508 e. The Balaban J connectivity index is 2.26. The van der Waals surface area contributed by atoms with E-state index >= 15 is 0 Å². The summed E-state index contributed by atoms with van der Waals surface area (Å²) in [4.78, 5) is 18.3. The van der Waals surface area contributed by atoms with Gasteiger partial charge in [0.1, 0.15) is 11.5 Å². The second-order valence-corrected chi connectivity index (χ2v) is 8.27. The molecule has 0 bridgehead atoms. The molecule has 0 saturated heterocycles. The molecule has 0 radical (unpaired) electrons. The molecule has 8 heteroatoms. The molecule has 118 valence electrons. The largest absolute Gasteiger partial charge is 0.508 e. The van der Waals surface area contributed by atoms with E-state index in [1.165, 1.54) is 30.3 Å². The number of aliphatic hydroxyl groups is 1. The SMILES string of the molecule is O=P(O)(O)Sc1cc(O)ccc1C(O)Cc1ccc(O)cc1. The van der Waals surface area contributed by atoms with Crippen molar-refractivity contribution in [1.82, 2.24) is 0 Å². The van der Waals surface area contributed by atoms with Gasteiger partial charge in [0.25, 0.3) is 0 Å². The zero-order valence-corrected chi connectivity index (χ0v) is 13.0. The number of benzene rings is 2. The number of aromatic hydroxyl groups is 2. The lowest BCUT2D eigenvalue weighted by molar-refractivity contribution is 0.175. The van der Waals surface area contributed by atoms with Gasteiger partial charge in [0.05, 0.1) is 6.10 Å². The molecular weight excluding hydrogens is 327 g/mol. The quantitative estimate of drug-likeness (QED) is 0.530. The first-order chi connectivity index (χ1) is 10.2. The van der Waals surface area contributed by atoms with Gasteiger partial charge in [-0.3, -0.25) is 0 Å². The number of phenolic OH excluding ortho intramolecular Hbond substituents is 2. The van der Waals surface area contributed by atoms with Crippen molar-refractivity contribution in [3.8, 4) is 11.5 Å². The second kappa shape index (κ2) is 6.73. The highest BCUT2D eigenvalue weighted by molar-refractivity contribution is 8.54. The number of hydrogen-bond donors (Lipinski definition) is 5. The molecule has 22 heavy (non-hydrogen) atoms. The van der Waals surface area contributed by atoms with E-state index in [1.807, 2.05) is 0 Å². The molecule has 2 aromatic rings. The fourth-order valence-corrected chi connectivity index (χ4v) is 3.95. The van der Waals surface area contributed by atoms with Crippen molar-refractivity contribution in [2.45, 2.75) is 17.4 Å². The Kier molecular flexibility index (Phi) is 5.16. The number of hydrogen-bond acceptors (Lipinski definition) is 5. The highest BCUT2D eigenvalue weighted by Gasteiger charge is 2.22. The van der Waals surface area contributed by atoms with Crippen molar-refractivity contribution in [3.63, 3.8) is 0 Å². The Hall–Kier alpha value is -1.50. The standard InChI is InChI=1S/C14H15O6PS/c15-10-3-1-9(2-4-10)7-13(17)12-6-5-11(16)8-14(12)22-21(18,19)20/h1-6,8,13,15-17H,7H2,(H2,18,19,20). The first kappa shape index (κ1) is 16.9. The topological polar surface area (TPSA) is 118 Å². The van der Waals surface area contributed by atoms with E-state index in [1.54, 1.807) is 12.1 Å². The maximum atomic E-state index is 11.1. The van der Waals surface area contributed by atoms with E-state index in [-0.39, 0.29) is 34.2 Å². The lowest BCUT2D eigenvalue weighted by atomic mass is 10.0. The maximum absolute atomic E-state index is 11.1. The van der Waals surface area contributed by atoms with Crippen LogP contribution in [-0.4, -0.2) is 25.1 Å². The Morgan fingerprint density at radius 3 is 2.18 bits per heavy atom. The van der Waals surface area contributed by atoms with Crippen molar-refractivity contribution in [3.05, 3.63) is 53.6 Å². The molecule has 2 rings (SSSR count). The molecule has 1 unspecified atom stereocenters. The van der Waals surface area contributed by atoms with Crippen LogP contribution in [0.2, 0.25) is 0 Å². The van der Waals surface area contributed by atoms with Crippen LogP contribution in [-0.2, 0) is 11.0 Å². The molecule has 0 heterocycles. The molecular formula is C14H15O6PS. The van der Waals surface area contributed by atoms with Gasteiger partial charge >= 0.3 is 6.80 Å². The summed E-state index contributed by atoms with van der Waals surface area (Å²) in [7, 11) is 0. The van der Waals surface area contributed by atoms with E-state index in [4.69, 9.17) is 9.79 Å². The molecule has 0 fully saturated rings. The zero-order chi connectivity index (χ0) is 16.3. The number of phenols is 2. The number of rotatable bonds is 5. The zero-order valence-electron chi connectivity index (χ0n) is 11.3. The van der Waals surface area contributed by atoms with Crippen LogP contribution < -0.4 is 0 Å². The number of aliphatic hydroxyl groups excluding tert-OH is 1. The molecule has 1 atom stereocenters. The fraction of sp³-hybridized carbons (Fsp3) is 0.143. The molecule has 0 amide bonds. The van der Waals surface area contributed by atoms with E-state index in [9.17, 15) is 19.9 Å². The predicted molar refractivity (Wildman–Crippen MR) is 82.8 cm³/mol. The molecule has 0 aliphatic carbocycles. The van der Waals surface area contributed by atoms with Crippen LogP contribution in [0.4, 0.5) is 0 Å². The normalized spacial score (nSPS) is 13.0. The Morgan fingerprint density at radius 1 is 1.00 bits per heavy atom. The van der Waals surface area contributed by atoms with Crippen LogP contribution in [0.15, 0.2) is 47.4 Å². The Bertz CT molecular complexity index is 697. The summed E-state index contributed by atoms with van der Waals surface area (Å²) in [5.41, 5.74) is 1.07. The summed E-state index contributed by atoms with van der Waals surface area (Å²) in [5, 5.41) is 29.0. The maximum Gasteiger partial charge on any atom is 0.388 e. The third-order valence-electron chi connectivity index (χ3n) is 2.94. The van der Waals surface area contributed by atoms with Crippen LogP contribution >= 0.6 is 18.2 Å². The fourth-order valence-electron chi connectivity index (χ4n) is 1.97. The summed E-state index contributed by atoms with van der Waals surface area (Å²) in [6.45, 7) is -4.40. The molecule has 0 aromatic heterocycles. The van der Waals surface area contributed by atoms with E-state index in [0.717, 1.165) is 5.56 Å².